The summed E-state index contributed by atoms with van der Waals surface area (Å²) < 4.78 is 0. The average molecular weight is 293 g/mol. The van der Waals surface area contributed by atoms with Crippen molar-refractivity contribution >= 4 is 11.8 Å². The molecule has 1 aromatic rings. The number of carboxylic acid groups (broad SMARTS) is 1. The van der Waals surface area contributed by atoms with Gasteiger partial charge >= 0.3 is 5.97 Å². The van der Waals surface area contributed by atoms with Crippen molar-refractivity contribution in [3.8, 4) is 0 Å². The molecule has 0 aliphatic heterocycles. The van der Waals surface area contributed by atoms with E-state index in [0.717, 1.165) is 25.7 Å². The van der Waals surface area contributed by atoms with E-state index >= 15 is 0 Å². The first kappa shape index (κ1) is 15.5. The number of carbonyl (C=O) groups is 1. The molecule has 0 atom stereocenters. The van der Waals surface area contributed by atoms with Crippen LogP contribution in [0.2, 0.25) is 0 Å². The van der Waals surface area contributed by atoms with E-state index in [2.05, 4.69) is 15.3 Å². The van der Waals surface area contributed by atoms with Gasteiger partial charge < -0.3 is 15.4 Å². The summed E-state index contributed by atoms with van der Waals surface area (Å²) in [7, 11) is 0. The second-order valence-electron chi connectivity index (χ2n) is 5.78. The predicted molar refractivity (Wildman–Crippen MR) is 80.5 cm³/mol. The summed E-state index contributed by atoms with van der Waals surface area (Å²) in [6.45, 7) is 2.23. The number of aromatic nitrogens is 2. The lowest BCUT2D eigenvalue weighted by atomic mass is 9.80. The predicted octanol–water partition coefficient (Wildman–Crippen LogP) is 2.17. The van der Waals surface area contributed by atoms with Crippen LogP contribution in [0.4, 0.5) is 5.82 Å². The Kier molecular flexibility index (Phi) is 4.98. The first-order valence-electron chi connectivity index (χ1n) is 7.63. The van der Waals surface area contributed by atoms with Crippen LogP contribution in [0, 0.1) is 5.41 Å². The molecule has 0 unspecified atom stereocenters. The molecule has 2 rings (SSSR count). The SMILES string of the molecule is CCc1nc(NCC2(C(=O)O)CCCCCC2)cc(=O)[nH]1. The zero-order chi connectivity index (χ0) is 15.3. The number of aliphatic carboxylic acids is 1. The first-order chi connectivity index (χ1) is 10.1. The van der Waals surface area contributed by atoms with Crippen LogP contribution in [0.15, 0.2) is 10.9 Å². The topological polar surface area (TPSA) is 95.1 Å². The fraction of sp³-hybridized carbons (Fsp3) is 0.667. The van der Waals surface area contributed by atoms with Crippen molar-refractivity contribution in [3.63, 3.8) is 0 Å². The Morgan fingerprint density at radius 1 is 1.38 bits per heavy atom. The number of H-pyrrole nitrogens is 1. The third-order valence-electron chi connectivity index (χ3n) is 4.25. The largest absolute Gasteiger partial charge is 0.481 e. The van der Waals surface area contributed by atoms with Crippen molar-refractivity contribution in [1.29, 1.82) is 0 Å². The quantitative estimate of drug-likeness (QED) is 0.723. The van der Waals surface area contributed by atoms with Crippen molar-refractivity contribution in [1.82, 2.24) is 9.97 Å². The van der Waals surface area contributed by atoms with Crippen LogP contribution in [0.1, 0.15) is 51.3 Å². The monoisotopic (exact) mass is 293 g/mol. The Hall–Kier alpha value is -1.85. The van der Waals surface area contributed by atoms with Crippen molar-refractivity contribution in [2.45, 2.75) is 51.9 Å². The van der Waals surface area contributed by atoms with E-state index in [4.69, 9.17) is 0 Å². The molecule has 0 spiro atoms. The second-order valence-corrected chi connectivity index (χ2v) is 5.78. The molecule has 1 heterocycles. The first-order valence-corrected chi connectivity index (χ1v) is 7.63. The van der Waals surface area contributed by atoms with Gasteiger partial charge in [-0.25, -0.2) is 4.98 Å². The summed E-state index contributed by atoms with van der Waals surface area (Å²) in [5.74, 6) is 0.313. The maximum absolute atomic E-state index is 11.7. The Labute approximate surface area is 124 Å². The Bertz CT molecular complexity index is 545. The highest BCUT2D eigenvalue weighted by Gasteiger charge is 2.38. The number of nitrogens with zero attached hydrogens (tertiary/aromatic N) is 1. The lowest BCUT2D eigenvalue weighted by Gasteiger charge is -2.28. The molecular formula is C15H23N3O3. The van der Waals surface area contributed by atoms with Crippen LogP contribution in [-0.4, -0.2) is 27.6 Å². The van der Waals surface area contributed by atoms with Crippen LogP contribution >= 0.6 is 0 Å². The van der Waals surface area contributed by atoms with Gasteiger partial charge in [0.15, 0.2) is 0 Å². The highest BCUT2D eigenvalue weighted by molar-refractivity contribution is 5.75. The van der Waals surface area contributed by atoms with Crippen molar-refractivity contribution in [2.24, 2.45) is 5.41 Å². The minimum Gasteiger partial charge on any atom is -0.481 e. The minimum atomic E-state index is -0.752. The zero-order valence-corrected chi connectivity index (χ0v) is 12.4. The molecule has 0 saturated heterocycles. The van der Waals surface area contributed by atoms with Gasteiger partial charge in [-0.15, -0.1) is 0 Å². The number of hydrogen-bond donors (Lipinski definition) is 3. The van der Waals surface area contributed by atoms with Gasteiger partial charge in [0.25, 0.3) is 5.56 Å². The molecule has 21 heavy (non-hydrogen) atoms. The maximum atomic E-state index is 11.7. The summed E-state index contributed by atoms with van der Waals surface area (Å²) >= 11 is 0. The standard InChI is InChI=1S/C15H23N3O3/c1-2-11-17-12(9-13(19)18-11)16-10-15(14(20)21)7-5-3-4-6-8-15/h9H,2-8,10H2,1H3,(H,20,21)(H2,16,17,18,19). The molecule has 0 amide bonds. The lowest BCUT2D eigenvalue weighted by Crippen LogP contribution is -2.38. The molecule has 1 fully saturated rings. The number of aryl methyl sites for hydroxylation is 1. The highest BCUT2D eigenvalue weighted by Crippen LogP contribution is 2.35. The fourth-order valence-corrected chi connectivity index (χ4v) is 2.90. The summed E-state index contributed by atoms with van der Waals surface area (Å²) in [4.78, 5) is 30.2. The van der Waals surface area contributed by atoms with E-state index in [9.17, 15) is 14.7 Å². The zero-order valence-electron chi connectivity index (χ0n) is 12.4. The molecule has 6 nitrogen and oxygen atoms in total. The Balaban J connectivity index is 2.13. The molecule has 1 aliphatic rings. The van der Waals surface area contributed by atoms with Gasteiger partial charge in [-0.05, 0) is 12.8 Å². The molecule has 0 bridgehead atoms. The Morgan fingerprint density at radius 2 is 2.05 bits per heavy atom. The van der Waals surface area contributed by atoms with Gasteiger partial charge in [0.1, 0.15) is 11.6 Å². The molecule has 116 valence electrons. The molecule has 1 saturated carbocycles. The number of nitrogens with one attached hydrogen (secondary N) is 2. The van der Waals surface area contributed by atoms with Gasteiger partial charge in [0.2, 0.25) is 0 Å². The number of anilines is 1. The second kappa shape index (κ2) is 6.74. The molecule has 3 N–H and O–H groups in total. The highest BCUT2D eigenvalue weighted by atomic mass is 16.4. The molecular weight excluding hydrogens is 270 g/mol. The van der Waals surface area contributed by atoms with Crippen molar-refractivity contribution in [2.75, 3.05) is 11.9 Å². The van der Waals surface area contributed by atoms with E-state index in [1.807, 2.05) is 6.92 Å². The molecule has 6 heteroatoms. The molecule has 0 aromatic carbocycles. The van der Waals surface area contributed by atoms with Crippen LogP contribution in [0.3, 0.4) is 0 Å². The summed E-state index contributed by atoms with van der Waals surface area (Å²) in [5, 5.41) is 12.7. The third kappa shape index (κ3) is 3.83. The number of carboxylic acids is 1. The third-order valence-corrected chi connectivity index (χ3v) is 4.25. The number of hydrogen-bond acceptors (Lipinski definition) is 4. The molecule has 0 radical (unpaired) electrons. The van der Waals surface area contributed by atoms with Crippen LogP contribution < -0.4 is 10.9 Å². The normalized spacial score (nSPS) is 18.0. The molecule has 1 aromatic heterocycles. The maximum Gasteiger partial charge on any atom is 0.311 e. The Morgan fingerprint density at radius 3 is 2.62 bits per heavy atom. The smallest absolute Gasteiger partial charge is 0.311 e. The van der Waals surface area contributed by atoms with Gasteiger partial charge in [0.05, 0.1) is 5.41 Å². The summed E-state index contributed by atoms with van der Waals surface area (Å²) in [6, 6.07) is 1.38. The van der Waals surface area contributed by atoms with Gasteiger partial charge in [-0.3, -0.25) is 9.59 Å². The van der Waals surface area contributed by atoms with E-state index in [1.165, 1.54) is 6.07 Å². The van der Waals surface area contributed by atoms with Crippen LogP contribution in [0.5, 0.6) is 0 Å². The fourth-order valence-electron chi connectivity index (χ4n) is 2.90. The van der Waals surface area contributed by atoms with Crippen molar-refractivity contribution in [3.05, 3.63) is 22.2 Å². The van der Waals surface area contributed by atoms with Crippen LogP contribution in [0.25, 0.3) is 0 Å². The average Bonchev–Trinajstić information content (AvgIpc) is 2.71. The van der Waals surface area contributed by atoms with Gasteiger partial charge in [-0.1, -0.05) is 32.6 Å². The van der Waals surface area contributed by atoms with E-state index in [1.54, 1.807) is 0 Å². The summed E-state index contributed by atoms with van der Waals surface area (Å²) in [5.41, 5.74) is -0.956. The lowest BCUT2D eigenvalue weighted by molar-refractivity contribution is -0.149. The van der Waals surface area contributed by atoms with Gasteiger partial charge in [0, 0.05) is 19.0 Å². The van der Waals surface area contributed by atoms with E-state index < -0.39 is 11.4 Å². The minimum absolute atomic E-state index is 0.213. The molecule has 1 aliphatic carbocycles. The number of rotatable bonds is 5. The van der Waals surface area contributed by atoms with Crippen LogP contribution in [-0.2, 0) is 11.2 Å². The number of aromatic amines is 1. The summed E-state index contributed by atoms with van der Waals surface area (Å²) in [6.07, 6.45) is 6.07. The van der Waals surface area contributed by atoms with E-state index in [0.29, 0.717) is 37.4 Å². The van der Waals surface area contributed by atoms with E-state index in [-0.39, 0.29) is 5.56 Å². The van der Waals surface area contributed by atoms with Gasteiger partial charge in [-0.2, -0.15) is 0 Å². The van der Waals surface area contributed by atoms with Crippen molar-refractivity contribution < 1.29 is 9.90 Å².